The molecule has 0 aliphatic carbocycles. The first kappa shape index (κ1) is 14.8. The summed E-state index contributed by atoms with van der Waals surface area (Å²) in [6, 6.07) is 5.00. The van der Waals surface area contributed by atoms with E-state index in [1.807, 2.05) is 0 Å². The molecule has 0 heterocycles. The van der Waals surface area contributed by atoms with Crippen LogP contribution < -0.4 is 4.72 Å². The van der Waals surface area contributed by atoms with E-state index < -0.39 is 20.8 Å². The Hall–Kier alpha value is -0.240. The predicted octanol–water partition coefficient (Wildman–Crippen LogP) is 1.41. The van der Waals surface area contributed by atoms with Crippen LogP contribution in [0.2, 0.25) is 0 Å². The molecule has 0 saturated heterocycles. The molecule has 7 heteroatoms. The van der Waals surface area contributed by atoms with Gasteiger partial charge < -0.3 is 0 Å². The first-order valence-corrected chi connectivity index (χ1v) is 8.90. The van der Waals surface area contributed by atoms with Crippen LogP contribution in [0.5, 0.6) is 0 Å². The van der Waals surface area contributed by atoms with E-state index >= 15 is 0 Å². The van der Waals surface area contributed by atoms with Gasteiger partial charge in [-0.25, -0.2) is 13.1 Å². The Balaban J connectivity index is 2.90. The Morgan fingerprint density at radius 1 is 1.41 bits per heavy atom. The van der Waals surface area contributed by atoms with Crippen molar-refractivity contribution in [1.29, 1.82) is 0 Å². The van der Waals surface area contributed by atoms with Gasteiger partial charge in [0.2, 0.25) is 10.0 Å². The molecule has 0 amide bonds. The van der Waals surface area contributed by atoms with E-state index in [1.165, 1.54) is 0 Å². The molecule has 0 bridgehead atoms. The summed E-state index contributed by atoms with van der Waals surface area (Å²) in [5.41, 5.74) is 0.664. The summed E-state index contributed by atoms with van der Waals surface area (Å²) in [5, 5.41) is 0. The second-order valence-electron chi connectivity index (χ2n) is 3.54. The average molecular weight is 340 g/mol. The third-order valence-corrected chi connectivity index (χ3v) is 5.43. The SMILES string of the molecule is Cc1c(Br)cccc1S(=O)(=O)NCC[S@@](C)=O. The molecule has 96 valence electrons. The summed E-state index contributed by atoms with van der Waals surface area (Å²) in [5.74, 6) is 0.312. The van der Waals surface area contributed by atoms with E-state index in [9.17, 15) is 12.6 Å². The Morgan fingerprint density at radius 3 is 2.65 bits per heavy atom. The fourth-order valence-corrected chi connectivity index (χ4v) is 3.59. The lowest BCUT2D eigenvalue weighted by Crippen LogP contribution is -2.28. The summed E-state index contributed by atoms with van der Waals surface area (Å²) >= 11 is 3.29. The maximum Gasteiger partial charge on any atom is 0.240 e. The van der Waals surface area contributed by atoms with Crippen LogP contribution in [0.25, 0.3) is 0 Å². The van der Waals surface area contributed by atoms with Crippen molar-refractivity contribution in [3.63, 3.8) is 0 Å². The number of halogens is 1. The summed E-state index contributed by atoms with van der Waals surface area (Å²) in [4.78, 5) is 0.244. The van der Waals surface area contributed by atoms with Gasteiger partial charge in [-0.05, 0) is 24.6 Å². The molecule has 0 aromatic heterocycles. The maximum absolute atomic E-state index is 12.0. The van der Waals surface area contributed by atoms with Gasteiger partial charge in [0.05, 0.1) is 4.90 Å². The van der Waals surface area contributed by atoms with Gasteiger partial charge in [-0.2, -0.15) is 0 Å². The van der Waals surface area contributed by atoms with E-state index in [1.54, 1.807) is 31.4 Å². The lowest BCUT2D eigenvalue weighted by molar-refractivity contribution is 0.583. The van der Waals surface area contributed by atoms with Crippen molar-refractivity contribution in [3.8, 4) is 0 Å². The Kier molecular flexibility index (Phi) is 5.30. The number of hydrogen-bond donors (Lipinski definition) is 1. The van der Waals surface area contributed by atoms with Crippen LogP contribution in [0.15, 0.2) is 27.6 Å². The summed E-state index contributed by atoms with van der Waals surface area (Å²) in [6.45, 7) is 1.91. The third-order valence-electron chi connectivity index (χ3n) is 2.19. The number of hydrogen-bond acceptors (Lipinski definition) is 3. The highest BCUT2D eigenvalue weighted by molar-refractivity contribution is 9.10. The minimum Gasteiger partial charge on any atom is -0.260 e. The highest BCUT2D eigenvalue weighted by Gasteiger charge is 2.17. The molecule has 1 aromatic carbocycles. The zero-order chi connectivity index (χ0) is 13.1. The number of sulfonamides is 1. The van der Waals surface area contributed by atoms with Crippen LogP contribution in [-0.2, 0) is 20.8 Å². The highest BCUT2D eigenvalue weighted by Crippen LogP contribution is 2.22. The Morgan fingerprint density at radius 2 is 2.06 bits per heavy atom. The number of benzene rings is 1. The molecule has 0 aliphatic rings. The number of nitrogens with one attached hydrogen (secondary N) is 1. The van der Waals surface area contributed by atoms with Gasteiger partial charge in [-0.3, -0.25) is 4.21 Å². The van der Waals surface area contributed by atoms with Crippen LogP contribution in [0.4, 0.5) is 0 Å². The fraction of sp³-hybridized carbons (Fsp3) is 0.400. The van der Waals surface area contributed by atoms with Gasteiger partial charge in [0.25, 0.3) is 0 Å². The van der Waals surface area contributed by atoms with Crippen LogP contribution in [0, 0.1) is 6.92 Å². The smallest absolute Gasteiger partial charge is 0.240 e. The standard InChI is InChI=1S/C10H14BrNO3S2/c1-8-9(11)4-3-5-10(8)17(14,15)12-6-7-16(2)13/h3-5,12H,6-7H2,1-2H3/t16-/m1/s1. The predicted molar refractivity (Wildman–Crippen MR) is 73.0 cm³/mol. The summed E-state index contributed by atoms with van der Waals surface area (Å²) < 4.78 is 38.0. The van der Waals surface area contributed by atoms with Gasteiger partial charge in [0.1, 0.15) is 0 Å². The molecule has 0 unspecified atom stereocenters. The van der Waals surface area contributed by atoms with Crippen LogP contribution in [0.1, 0.15) is 5.56 Å². The van der Waals surface area contributed by atoms with E-state index in [2.05, 4.69) is 20.7 Å². The molecule has 1 aromatic rings. The van der Waals surface area contributed by atoms with Crippen LogP contribution in [-0.4, -0.2) is 31.2 Å². The van der Waals surface area contributed by atoms with Gasteiger partial charge in [0.15, 0.2) is 0 Å². The molecule has 1 N–H and O–H groups in total. The van der Waals surface area contributed by atoms with Crippen molar-refractivity contribution in [2.75, 3.05) is 18.6 Å². The first-order valence-electron chi connectivity index (χ1n) is 4.89. The quantitative estimate of drug-likeness (QED) is 0.882. The van der Waals surface area contributed by atoms with Crippen molar-refractivity contribution in [1.82, 2.24) is 4.72 Å². The maximum atomic E-state index is 12.0. The van der Waals surface area contributed by atoms with Gasteiger partial charge >= 0.3 is 0 Å². The van der Waals surface area contributed by atoms with E-state index in [0.717, 1.165) is 4.47 Å². The van der Waals surface area contributed by atoms with Gasteiger partial charge in [0, 0.05) is 33.8 Å². The van der Waals surface area contributed by atoms with E-state index in [4.69, 9.17) is 0 Å². The molecule has 0 saturated carbocycles. The van der Waals surface area contributed by atoms with Crippen molar-refractivity contribution in [2.45, 2.75) is 11.8 Å². The van der Waals surface area contributed by atoms with Crippen molar-refractivity contribution in [2.24, 2.45) is 0 Å². The molecule has 0 aliphatic heterocycles. The minimum atomic E-state index is -3.52. The molecule has 1 atom stereocenters. The largest absolute Gasteiger partial charge is 0.260 e. The van der Waals surface area contributed by atoms with Gasteiger partial charge in [-0.1, -0.05) is 22.0 Å². The topological polar surface area (TPSA) is 63.2 Å². The van der Waals surface area contributed by atoms with Crippen LogP contribution >= 0.6 is 15.9 Å². The third kappa shape index (κ3) is 4.17. The van der Waals surface area contributed by atoms with Crippen molar-refractivity contribution >= 4 is 36.8 Å². The zero-order valence-electron chi connectivity index (χ0n) is 9.57. The Labute approximate surface area is 112 Å². The molecule has 0 fully saturated rings. The summed E-state index contributed by atoms with van der Waals surface area (Å²) in [7, 11) is -4.53. The molecule has 0 spiro atoms. The molecular weight excluding hydrogens is 326 g/mol. The zero-order valence-corrected chi connectivity index (χ0v) is 12.8. The monoisotopic (exact) mass is 339 g/mol. The molecule has 4 nitrogen and oxygen atoms in total. The average Bonchev–Trinajstić information content (AvgIpc) is 2.21. The van der Waals surface area contributed by atoms with E-state index in [-0.39, 0.29) is 11.4 Å². The molecule has 0 radical (unpaired) electrons. The van der Waals surface area contributed by atoms with E-state index in [0.29, 0.717) is 11.3 Å². The lowest BCUT2D eigenvalue weighted by atomic mass is 10.2. The fourth-order valence-electron chi connectivity index (χ4n) is 1.28. The molecule has 1 rings (SSSR count). The van der Waals surface area contributed by atoms with Crippen molar-refractivity contribution < 1.29 is 12.6 Å². The first-order chi connectivity index (χ1) is 7.84. The van der Waals surface area contributed by atoms with Crippen LogP contribution in [0.3, 0.4) is 0 Å². The minimum absolute atomic E-state index is 0.178. The lowest BCUT2D eigenvalue weighted by Gasteiger charge is -2.09. The Bertz CT molecular complexity index is 528. The summed E-state index contributed by atoms with van der Waals surface area (Å²) in [6.07, 6.45) is 1.54. The second-order valence-corrected chi connectivity index (χ2v) is 7.68. The van der Waals surface area contributed by atoms with Crippen molar-refractivity contribution in [3.05, 3.63) is 28.2 Å². The molecular formula is C10H14BrNO3S2. The second kappa shape index (κ2) is 6.08. The molecule has 17 heavy (non-hydrogen) atoms. The van der Waals surface area contributed by atoms with Gasteiger partial charge in [-0.15, -0.1) is 0 Å². The highest BCUT2D eigenvalue weighted by atomic mass is 79.9. The number of rotatable bonds is 5. The normalized spacial score (nSPS) is 13.6.